The van der Waals surface area contributed by atoms with Crippen LogP contribution in [0.15, 0.2) is 52.1 Å². The van der Waals surface area contributed by atoms with Crippen LogP contribution in [0.2, 0.25) is 0 Å². The molecule has 0 radical (unpaired) electrons. The summed E-state index contributed by atoms with van der Waals surface area (Å²) in [7, 11) is 1.77. The van der Waals surface area contributed by atoms with Gasteiger partial charge in [0.15, 0.2) is 5.96 Å². The number of nitrogens with one attached hydrogen (secondary N) is 2. The predicted molar refractivity (Wildman–Crippen MR) is 97.4 cm³/mol. The third kappa shape index (κ3) is 6.36. The Morgan fingerprint density at radius 1 is 1.21 bits per heavy atom. The minimum absolute atomic E-state index is 0.518. The van der Waals surface area contributed by atoms with Crippen molar-refractivity contribution in [2.45, 2.75) is 26.8 Å². The Labute approximate surface area is 144 Å². The molecule has 5 heteroatoms. The largest absolute Gasteiger partial charge is 0.493 e. The minimum atomic E-state index is 0.518. The van der Waals surface area contributed by atoms with E-state index in [9.17, 15) is 0 Å². The van der Waals surface area contributed by atoms with Crippen LogP contribution in [0.5, 0.6) is 5.75 Å². The zero-order valence-corrected chi connectivity index (χ0v) is 14.7. The molecular weight excluding hydrogens is 302 g/mol. The van der Waals surface area contributed by atoms with Crippen LogP contribution in [0.25, 0.3) is 0 Å². The monoisotopic (exact) mass is 329 g/mol. The van der Waals surface area contributed by atoms with Gasteiger partial charge in [-0.25, -0.2) is 0 Å². The molecule has 0 aliphatic heterocycles. The third-order valence-electron chi connectivity index (χ3n) is 3.41. The summed E-state index contributed by atoms with van der Waals surface area (Å²) in [4.78, 5) is 4.24. The van der Waals surface area contributed by atoms with Gasteiger partial charge in [0.2, 0.25) is 0 Å². The van der Waals surface area contributed by atoms with Gasteiger partial charge >= 0.3 is 0 Å². The molecule has 0 spiro atoms. The van der Waals surface area contributed by atoms with Crippen LogP contribution in [-0.4, -0.2) is 26.2 Å². The number of hydrogen-bond acceptors (Lipinski definition) is 3. The standard InChI is InChI=1S/C19H27N3O2/c1-15(2)14-24-18-7-4-6-16(12-18)13-22-19(20-3)21-10-9-17-8-5-11-23-17/h4-8,11-12,15H,9-10,13-14H2,1-3H3,(H2,20,21,22). The Morgan fingerprint density at radius 2 is 2.08 bits per heavy atom. The number of hydrogen-bond donors (Lipinski definition) is 2. The molecule has 2 rings (SSSR count). The van der Waals surface area contributed by atoms with E-state index in [0.717, 1.165) is 42.6 Å². The second kappa shape index (κ2) is 9.65. The Morgan fingerprint density at radius 3 is 2.79 bits per heavy atom. The molecule has 0 fully saturated rings. The number of aliphatic imine (C=N–C) groups is 1. The first-order chi connectivity index (χ1) is 11.7. The molecule has 1 aromatic carbocycles. The number of guanidine groups is 1. The summed E-state index contributed by atoms with van der Waals surface area (Å²) in [5, 5.41) is 6.59. The van der Waals surface area contributed by atoms with E-state index in [2.05, 4.69) is 41.6 Å². The molecule has 2 aromatic rings. The SMILES string of the molecule is CN=C(NCCc1ccco1)NCc1cccc(OCC(C)C)c1. The summed E-state index contributed by atoms with van der Waals surface area (Å²) in [6, 6.07) is 12.0. The molecule has 130 valence electrons. The number of ether oxygens (including phenoxy) is 1. The van der Waals surface area contributed by atoms with E-state index in [1.807, 2.05) is 24.3 Å². The molecule has 0 atom stereocenters. The van der Waals surface area contributed by atoms with Crippen molar-refractivity contribution in [3.63, 3.8) is 0 Å². The molecule has 0 aliphatic rings. The minimum Gasteiger partial charge on any atom is -0.493 e. The van der Waals surface area contributed by atoms with E-state index in [1.165, 1.54) is 0 Å². The van der Waals surface area contributed by atoms with Crippen LogP contribution in [-0.2, 0) is 13.0 Å². The average Bonchev–Trinajstić information content (AvgIpc) is 3.10. The second-order valence-electron chi connectivity index (χ2n) is 6.03. The molecule has 1 aromatic heterocycles. The highest BCUT2D eigenvalue weighted by atomic mass is 16.5. The van der Waals surface area contributed by atoms with Crippen molar-refractivity contribution in [2.24, 2.45) is 10.9 Å². The molecule has 0 aliphatic carbocycles. The lowest BCUT2D eigenvalue weighted by atomic mass is 10.2. The summed E-state index contributed by atoms with van der Waals surface area (Å²) in [6.45, 7) is 6.48. The van der Waals surface area contributed by atoms with Crippen LogP contribution < -0.4 is 15.4 Å². The molecule has 5 nitrogen and oxygen atoms in total. The highest BCUT2D eigenvalue weighted by Gasteiger charge is 2.02. The lowest BCUT2D eigenvalue weighted by Gasteiger charge is -2.13. The Hall–Kier alpha value is -2.43. The highest BCUT2D eigenvalue weighted by Crippen LogP contribution is 2.14. The Bertz CT molecular complexity index is 621. The maximum absolute atomic E-state index is 5.76. The molecule has 0 unspecified atom stereocenters. The van der Waals surface area contributed by atoms with Crippen molar-refractivity contribution in [1.82, 2.24) is 10.6 Å². The van der Waals surface area contributed by atoms with Gasteiger partial charge in [-0.1, -0.05) is 26.0 Å². The van der Waals surface area contributed by atoms with Crippen molar-refractivity contribution >= 4 is 5.96 Å². The maximum Gasteiger partial charge on any atom is 0.191 e. The van der Waals surface area contributed by atoms with Gasteiger partial charge in [0, 0.05) is 26.6 Å². The molecule has 24 heavy (non-hydrogen) atoms. The summed E-state index contributed by atoms with van der Waals surface area (Å²) in [6.07, 6.45) is 2.52. The summed E-state index contributed by atoms with van der Waals surface area (Å²) >= 11 is 0. The first-order valence-electron chi connectivity index (χ1n) is 8.36. The summed E-state index contributed by atoms with van der Waals surface area (Å²) < 4.78 is 11.1. The Kier molecular flexibility index (Phi) is 7.21. The van der Waals surface area contributed by atoms with Gasteiger partial charge in [-0.15, -0.1) is 0 Å². The summed E-state index contributed by atoms with van der Waals surface area (Å²) in [5.74, 6) is 3.16. The first kappa shape index (κ1) is 17.9. The van der Waals surface area contributed by atoms with Crippen molar-refractivity contribution < 1.29 is 9.15 Å². The van der Waals surface area contributed by atoms with E-state index in [4.69, 9.17) is 9.15 Å². The molecule has 2 N–H and O–H groups in total. The van der Waals surface area contributed by atoms with Gasteiger partial charge in [-0.05, 0) is 35.7 Å². The molecule has 0 saturated heterocycles. The summed E-state index contributed by atoms with van der Waals surface area (Å²) in [5.41, 5.74) is 1.16. The zero-order chi connectivity index (χ0) is 17.2. The topological polar surface area (TPSA) is 58.8 Å². The lowest BCUT2D eigenvalue weighted by molar-refractivity contribution is 0.271. The van der Waals surface area contributed by atoms with Crippen LogP contribution in [0.3, 0.4) is 0 Å². The maximum atomic E-state index is 5.76. The van der Waals surface area contributed by atoms with E-state index in [-0.39, 0.29) is 0 Å². The van der Waals surface area contributed by atoms with Gasteiger partial charge in [0.1, 0.15) is 11.5 Å². The van der Waals surface area contributed by atoms with Crippen molar-refractivity contribution in [3.05, 3.63) is 54.0 Å². The van der Waals surface area contributed by atoms with Crippen molar-refractivity contribution in [1.29, 1.82) is 0 Å². The average molecular weight is 329 g/mol. The highest BCUT2D eigenvalue weighted by molar-refractivity contribution is 5.79. The number of rotatable bonds is 8. The fraction of sp³-hybridized carbons (Fsp3) is 0.421. The van der Waals surface area contributed by atoms with E-state index >= 15 is 0 Å². The fourth-order valence-corrected chi connectivity index (χ4v) is 2.17. The van der Waals surface area contributed by atoms with Crippen molar-refractivity contribution in [2.75, 3.05) is 20.2 Å². The number of nitrogens with zero attached hydrogens (tertiary/aromatic N) is 1. The van der Waals surface area contributed by atoms with Crippen LogP contribution >= 0.6 is 0 Å². The number of benzene rings is 1. The van der Waals surface area contributed by atoms with Gasteiger partial charge in [0.25, 0.3) is 0 Å². The van der Waals surface area contributed by atoms with E-state index in [1.54, 1.807) is 13.3 Å². The molecule has 0 saturated carbocycles. The van der Waals surface area contributed by atoms with Gasteiger partial charge in [-0.2, -0.15) is 0 Å². The van der Waals surface area contributed by atoms with E-state index < -0.39 is 0 Å². The first-order valence-corrected chi connectivity index (χ1v) is 8.36. The van der Waals surface area contributed by atoms with Gasteiger partial charge in [0.05, 0.1) is 12.9 Å². The molecule has 0 bridgehead atoms. The fourth-order valence-electron chi connectivity index (χ4n) is 2.17. The van der Waals surface area contributed by atoms with Crippen LogP contribution in [0, 0.1) is 5.92 Å². The molecule has 1 heterocycles. The van der Waals surface area contributed by atoms with Gasteiger partial charge in [-0.3, -0.25) is 4.99 Å². The number of furan rings is 1. The van der Waals surface area contributed by atoms with Crippen molar-refractivity contribution in [3.8, 4) is 5.75 Å². The molecular formula is C19H27N3O2. The third-order valence-corrected chi connectivity index (χ3v) is 3.41. The zero-order valence-electron chi connectivity index (χ0n) is 14.7. The van der Waals surface area contributed by atoms with Crippen LogP contribution in [0.1, 0.15) is 25.2 Å². The van der Waals surface area contributed by atoms with E-state index in [0.29, 0.717) is 12.5 Å². The normalized spacial score (nSPS) is 11.6. The quantitative estimate of drug-likeness (QED) is 0.577. The Balaban J connectivity index is 1.76. The smallest absolute Gasteiger partial charge is 0.191 e. The second-order valence-corrected chi connectivity index (χ2v) is 6.03. The lowest BCUT2D eigenvalue weighted by Crippen LogP contribution is -2.37. The predicted octanol–water partition coefficient (Wildman–Crippen LogP) is 3.22. The molecule has 0 amide bonds. The van der Waals surface area contributed by atoms with Gasteiger partial charge < -0.3 is 19.8 Å². The van der Waals surface area contributed by atoms with Crippen LogP contribution in [0.4, 0.5) is 0 Å².